The van der Waals surface area contributed by atoms with Crippen molar-refractivity contribution in [2.75, 3.05) is 66.6 Å². The Kier molecular flexibility index (Phi) is 7.77. The largest absolute Gasteiger partial charge is 0.379 e. The fourth-order valence-corrected chi connectivity index (χ4v) is 2.41. The molecule has 0 unspecified atom stereocenters. The fourth-order valence-electron chi connectivity index (χ4n) is 2.41. The molecule has 0 aliphatic carbocycles. The van der Waals surface area contributed by atoms with E-state index >= 15 is 0 Å². The first-order chi connectivity index (χ1) is 12.1. The number of nitrogens with one attached hydrogen (secondary N) is 2. The molecule has 1 saturated heterocycles. The predicted molar refractivity (Wildman–Crippen MR) is 94.7 cm³/mol. The lowest BCUT2D eigenvalue weighted by atomic mass is 10.2. The second-order valence-electron chi connectivity index (χ2n) is 6.18. The zero-order chi connectivity index (χ0) is 18.1. The molecule has 0 aromatic carbocycles. The number of pyridine rings is 1. The summed E-state index contributed by atoms with van der Waals surface area (Å²) in [6, 6.07) is 4.89. The summed E-state index contributed by atoms with van der Waals surface area (Å²) < 4.78 is 5.29. The number of carbonyl (C=O) groups is 2. The maximum atomic E-state index is 12.2. The second kappa shape index (κ2) is 10.1. The van der Waals surface area contributed by atoms with Crippen LogP contribution in [-0.4, -0.2) is 93.2 Å². The Morgan fingerprint density at radius 2 is 1.72 bits per heavy atom. The lowest BCUT2D eigenvalue weighted by molar-refractivity contribution is 0.0383. The summed E-state index contributed by atoms with van der Waals surface area (Å²) in [6.45, 7) is 5.84. The van der Waals surface area contributed by atoms with Gasteiger partial charge in [-0.3, -0.25) is 14.5 Å². The van der Waals surface area contributed by atoms with Crippen LogP contribution in [0.5, 0.6) is 0 Å². The lowest BCUT2D eigenvalue weighted by Gasteiger charge is -2.26. The van der Waals surface area contributed by atoms with Crippen LogP contribution >= 0.6 is 0 Å². The summed E-state index contributed by atoms with van der Waals surface area (Å²) in [7, 11) is 3.87. The molecule has 0 spiro atoms. The molecule has 0 bridgehead atoms. The van der Waals surface area contributed by atoms with Gasteiger partial charge in [0.05, 0.1) is 13.2 Å². The minimum atomic E-state index is -0.273. The topological polar surface area (TPSA) is 86.8 Å². The molecule has 2 heterocycles. The van der Waals surface area contributed by atoms with Gasteiger partial charge in [0, 0.05) is 39.3 Å². The number of rotatable bonds is 8. The van der Waals surface area contributed by atoms with Crippen molar-refractivity contribution in [3.05, 3.63) is 29.6 Å². The van der Waals surface area contributed by atoms with Crippen LogP contribution in [0, 0.1) is 0 Å². The molecule has 0 radical (unpaired) electrons. The normalized spacial score (nSPS) is 15.2. The first-order valence-electron chi connectivity index (χ1n) is 8.54. The quantitative estimate of drug-likeness (QED) is 0.654. The Morgan fingerprint density at radius 1 is 1.12 bits per heavy atom. The van der Waals surface area contributed by atoms with Gasteiger partial charge in [0.2, 0.25) is 0 Å². The average molecular weight is 349 g/mol. The highest BCUT2D eigenvalue weighted by atomic mass is 16.5. The van der Waals surface area contributed by atoms with E-state index in [2.05, 4.69) is 20.5 Å². The first kappa shape index (κ1) is 19.3. The van der Waals surface area contributed by atoms with Crippen LogP contribution in [0.25, 0.3) is 0 Å². The highest BCUT2D eigenvalue weighted by Crippen LogP contribution is 2.00. The van der Waals surface area contributed by atoms with Gasteiger partial charge in [-0.15, -0.1) is 0 Å². The highest BCUT2D eigenvalue weighted by molar-refractivity contribution is 5.96. The molecule has 0 saturated carbocycles. The van der Waals surface area contributed by atoms with Crippen molar-refractivity contribution >= 4 is 11.8 Å². The van der Waals surface area contributed by atoms with Gasteiger partial charge in [-0.05, 0) is 26.2 Å². The van der Waals surface area contributed by atoms with E-state index in [9.17, 15) is 9.59 Å². The molecule has 1 aromatic heterocycles. The molecule has 8 nitrogen and oxygen atoms in total. The van der Waals surface area contributed by atoms with E-state index in [0.717, 1.165) is 39.4 Å². The Hall–Kier alpha value is -2.03. The predicted octanol–water partition coefficient (Wildman–Crippen LogP) is -0.565. The van der Waals surface area contributed by atoms with Crippen LogP contribution in [0.3, 0.4) is 0 Å². The molecule has 25 heavy (non-hydrogen) atoms. The van der Waals surface area contributed by atoms with E-state index in [0.29, 0.717) is 13.1 Å². The van der Waals surface area contributed by atoms with E-state index in [4.69, 9.17) is 4.74 Å². The van der Waals surface area contributed by atoms with Crippen molar-refractivity contribution < 1.29 is 14.3 Å². The summed E-state index contributed by atoms with van der Waals surface area (Å²) >= 11 is 0. The number of amides is 2. The molecule has 138 valence electrons. The number of ether oxygens (including phenoxy) is 1. The third-order valence-electron chi connectivity index (χ3n) is 3.88. The van der Waals surface area contributed by atoms with Gasteiger partial charge in [-0.2, -0.15) is 0 Å². The van der Waals surface area contributed by atoms with Gasteiger partial charge < -0.3 is 20.3 Å². The molecule has 2 amide bonds. The van der Waals surface area contributed by atoms with Crippen molar-refractivity contribution in [3.63, 3.8) is 0 Å². The van der Waals surface area contributed by atoms with Crippen LogP contribution in [-0.2, 0) is 4.74 Å². The summed E-state index contributed by atoms with van der Waals surface area (Å²) in [5.41, 5.74) is 0.502. The van der Waals surface area contributed by atoms with Crippen molar-refractivity contribution in [2.24, 2.45) is 0 Å². The molecule has 1 aliphatic heterocycles. The number of hydrogen-bond acceptors (Lipinski definition) is 6. The van der Waals surface area contributed by atoms with Crippen LogP contribution in [0.1, 0.15) is 21.0 Å². The SMILES string of the molecule is CN(C)CCNC(=O)c1cccc(C(=O)NCCN2CCOCC2)n1. The van der Waals surface area contributed by atoms with E-state index < -0.39 is 0 Å². The molecular formula is C17H27N5O3. The minimum Gasteiger partial charge on any atom is -0.379 e. The zero-order valence-corrected chi connectivity index (χ0v) is 15.0. The van der Waals surface area contributed by atoms with E-state index in [-0.39, 0.29) is 23.2 Å². The zero-order valence-electron chi connectivity index (χ0n) is 15.0. The molecule has 2 rings (SSSR count). The Bertz CT molecular complexity index is 573. The highest BCUT2D eigenvalue weighted by Gasteiger charge is 2.13. The Labute approximate surface area is 148 Å². The third kappa shape index (κ3) is 6.77. The maximum Gasteiger partial charge on any atom is 0.269 e. The second-order valence-corrected chi connectivity index (χ2v) is 6.18. The molecule has 2 N–H and O–H groups in total. The van der Waals surface area contributed by atoms with Gasteiger partial charge in [0.15, 0.2) is 0 Å². The molecule has 1 aliphatic rings. The molecule has 0 atom stereocenters. The lowest BCUT2D eigenvalue weighted by Crippen LogP contribution is -2.41. The van der Waals surface area contributed by atoms with Crippen LogP contribution in [0.4, 0.5) is 0 Å². The monoisotopic (exact) mass is 349 g/mol. The smallest absolute Gasteiger partial charge is 0.269 e. The van der Waals surface area contributed by atoms with Gasteiger partial charge >= 0.3 is 0 Å². The standard InChI is InChI=1S/C17H27N5O3/c1-21(2)8-6-18-16(23)14-4-3-5-15(20-14)17(24)19-7-9-22-10-12-25-13-11-22/h3-5H,6-13H2,1-2H3,(H,18,23)(H,19,24). The number of nitrogens with zero attached hydrogens (tertiary/aromatic N) is 3. The van der Waals surface area contributed by atoms with E-state index in [1.165, 1.54) is 0 Å². The molecule has 1 aromatic rings. The summed E-state index contributed by atoms with van der Waals surface area (Å²) in [4.78, 5) is 32.7. The Morgan fingerprint density at radius 3 is 2.32 bits per heavy atom. The number of likely N-dealkylation sites (N-methyl/N-ethyl adjacent to an activating group) is 1. The van der Waals surface area contributed by atoms with Gasteiger partial charge in [0.1, 0.15) is 11.4 Å². The first-order valence-corrected chi connectivity index (χ1v) is 8.54. The number of aromatic nitrogens is 1. The third-order valence-corrected chi connectivity index (χ3v) is 3.88. The van der Waals surface area contributed by atoms with Crippen LogP contribution < -0.4 is 10.6 Å². The summed E-state index contributed by atoms with van der Waals surface area (Å²) in [5.74, 6) is -0.541. The van der Waals surface area contributed by atoms with Crippen molar-refractivity contribution in [1.82, 2.24) is 25.4 Å². The van der Waals surface area contributed by atoms with Crippen molar-refractivity contribution in [2.45, 2.75) is 0 Å². The minimum absolute atomic E-state index is 0.250. The fraction of sp³-hybridized carbons (Fsp3) is 0.588. The molecular weight excluding hydrogens is 322 g/mol. The van der Waals surface area contributed by atoms with Gasteiger partial charge in [-0.25, -0.2) is 4.98 Å². The number of hydrogen-bond donors (Lipinski definition) is 2. The Balaban J connectivity index is 1.80. The summed E-state index contributed by atoms with van der Waals surface area (Å²) in [5, 5.41) is 5.64. The van der Waals surface area contributed by atoms with Gasteiger partial charge in [0.25, 0.3) is 11.8 Å². The molecule has 8 heteroatoms. The maximum absolute atomic E-state index is 12.2. The van der Waals surface area contributed by atoms with Crippen molar-refractivity contribution in [1.29, 1.82) is 0 Å². The van der Waals surface area contributed by atoms with E-state index in [1.54, 1.807) is 18.2 Å². The summed E-state index contributed by atoms with van der Waals surface area (Å²) in [6.07, 6.45) is 0. The van der Waals surface area contributed by atoms with Crippen molar-refractivity contribution in [3.8, 4) is 0 Å². The van der Waals surface area contributed by atoms with Crippen LogP contribution in [0.15, 0.2) is 18.2 Å². The number of morpholine rings is 1. The van der Waals surface area contributed by atoms with Crippen LogP contribution in [0.2, 0.25) is 0 Å². The molecule has 1 fully saturated rings. The average Bonchev–Trinajstić information content (AvgIpc) is 2.62. The van der Waals surface area contributed by atoms with E-state index in [1.807, 2.05) is 19.0 Å². The van der Waals surface area contributed by atoms with Gasteiger partial charge in [-0.1, -0.05) is 6.07 Å². The number of carbonyl (C=O) groups excluding carboxylic acids is 2.